The summed E-state index contributed by atoms with van der Waals surface area (Å²) in [6, 6.07) is 4.17. The van der Waals surface area contributed by atoms with Crippen LogP contribution in [-0.4, -0.2) is 30.2 Å². The molecular formula is C10H9BO4. The van der Waals surface area contributed by atoms with E-state index in [0.717, 1.165) is 0 Å². The predicted molar refractivity (Wildman–Crippen MR) is 55.5 cm³/mol. The van der Waals surface area contributed by atoms with Gasteiger partial charge < -0.3 is 14.8 Å². The molecule has 0 aliphatic rings. The Balaban J connectivity index is 3.24. The molecule has 0 spiro atoms. The van der Waals surface area contributed by atoms with Gasteiger partial charge in [0.2, 0.25) is 0 Å². The first-order valence-electron chi connectivity index (χ1n) is 4.14. The molecule has 5 heteroatoms. The monoisotopic (exact) mass is 204 g/mol. The largest absolute Gasteiger partial charge is 0.488 e. The maximum Gasteiger partial charge on any atom is 0.488 e. The molecule has 0 aliphatic heterocycles. The molecule has 76 valence electrons. The number of hydrogen-bond acceptors (Lipinski definition) is 4. The van der Waals surface area contributed by atoms with Crippen LogP contribution in [0.1, 0.15) is 15.9 Å². The fraction of sp³-hybridized carbons (Fsp3) is 0.100. The highest BCUT2D eigenvalue weighted by molar-refractivity contribution is 6.58. The number of methoxy groups -OCH3 is 1. The van der Waals surface area contributed by atoms with Gasteiger partial charge in [-0.05, 0) is 23.7 Å². The summed E-state index contributed by atoms with van der Waals surface area (Å²) in [5, 5.41) is 17.9. The van der Waals surface area contributed by atoms with Crippen LogP contribution in [0.25, 0.3) is 0 Å². The van der Waals surface area contributed by atoms with Crippen molar-refractivity contribution in [2.75, 3.05) is 7.11 Å². The predicted octanol–water partition coefficient (Wildman–Crippen LogP) is -0.866. The summed E-state index contributed by atoms with van der Waals surface area (Å²) in [5.74, 6) is 1.74. The zero-order valence-corrected chi connectivity index (χ0v) is 8.10. The van der Waals surface area contributed by atoms with Crippen molar-refractivity contribution >= 4 is 18.6 Å². The Hall–Kier alpha value is -1.77. The molecule has 0 bridgehead atoms. The molecule has 1 aromatic rings. The molecule has 0 aliphatic carbocycles. The molecule has 15 heavy (non-hydrogen) atoms. The third-order valence-corrected chi connectivity index (χ3v) is 1.84. The number of rotatable bonds is 2. The first-order valence-corrected chi connectivity index (χ1v) is 4.14. The fourth-order valence-electron chi connectivity index (χ4n) is 1.12. The number of hydrogen-bond donors (Lipinski definition) is 2. The second kappa shape index (κ2) is 4.64. The average Bonchev–Trinajstić information content (AvgIpc) is 2.27. The van der Waals surface area contributed by atoms with Gasteiger partial charge >= 0.3 is 13.1 Å². The summed E-state index contributed by atoms with van der Waals surface area (Å²) in [6.07, 6.45) is 5.16. The minimum absolute atomic E-state index is 0.158. The van der Waals surface area contributed by atoms with Gasteiger partial charge in [0.25, 0.3) is 0 Å². The van der Waals surface area contributed by atoms with Crippen LogP contribution in [-0.2, 0) is 4.74 Å². The van der Waals surface area contributed by atoms with Crippen LogP contribution in [0.5, 0.6) is 0 Å². The Morgan fingerprint density at radius 3 is 2.60 bits per heavy atom. The van der Waals surface area contributed by atoms with Crippen LogP contribution in [0.15, 0.2) is 18.2 Å². The van der Waals surface area contributed by atoms with Crippen molar-refractivity contribution in [2.24, 2.45) is 0 Å². The number of carbonyl (C=O) groups excluding carboxylic acids is 1. The summed E-state index contributed by atoms with van der Waals surface area (Å²) in [4.78, 5) is 11.2. The maximum atomic E-state index is 11.2. The van der Waals surface area contributed by atoms with E-state index in [9.17, 15) is 4.79 Å². The lowest BCUT2D eigenvalue weighted by Crippen LogP contribution is -2.30. The summed E-state index contributed by atoms with van der Waals surface area (Å²) in [7, 11) is -0.429. The highest BCUT2D eigenvalue weighted by Crippen LogP contribution is 2.04. The quantitative estimate of drug-likeness (QED) is 0.373. The third kappa shape index (κ3) is 2.59. The molecule has 0 saturated heterocycles. The standard InChI is InChI=1S/C10H9BO4/c1-3-7-4-8(10(12)15-2)6-9(5-7)11(13)14/h1,4-6,13-14H,2H3. The minimum atomic E-state index is -1.67. The topological polar surface area (TPSA) is 66.8 Å². The van der Waals surface area contributed by atoms with Crippen molar-refractivity contribution in [1.82, 2.24) is 0 Å². The van der Waals surface area contributed by atoms with E-state index >= 15 is 0 Å². The lowest BCUT2D eigenvalue weighted by atomic mass is 9.78. The molecule has 0 aromatic heterocycles. The van der Waals surface area contributed by atoms with E-state index in [0.29, 0.717) is 5.56 Å². The van der Waals surface area contributed by atoms with E-state index in [-0.39, 0.29) is 11.0 Å². The molecule has 0 heterocycles. The fourth-order valence-corrected chi connectivity index (χ4v) is 1.12. The van der Waals surface area contributed by atoms with E-state index in [1.54, 1.807) is 0 Å². The van der Waals surface area contributed by atoms with Gasteiger partial charge in [0.1, 0.15) is 0 Å². The first kappa shape index (κ1) is 11.3. The zero-order chi connectivity index (χ0) is 11.4. The Bertz CT molecular complexity index is 420. The van der Waals surface area contributed by atoms with Crippen molar-refractivity contribution in [3.63, 3.8) is 0 Å². The summed E-state index contributed by atoms with van der Waals surface area (Å²) >= 11 is 0. The van der Waals surface area contributed by atoms with E-state index in [2.05, 4.69) is 10.7 Å². The third-order valence-electron chi connectivity index (χ3n) is 1.84. The highest BCUT2D eigenvalue weighted by atomic mass is 16.5. The summed E-state index contributed by atoms with van der Waals surface area (Å²) < 4.78 is 4.50. The first-order chi connectivity index (χ1) is 7.08. The molecule has 0 saturated carbocycles. The second-order valence-electron chi connectivity index (χ2n) is 2.85. The summed E-state index contributed by atoms with van der Waals surface area (Å²) in [5.41, 5.74) is 0.739. The van der Waals surface area contributed by atoms with Crippen LogP contribution in [0.3, 0.4) is 0 Å². The summed E-state index contributed by atoms with van der Waals surface area (Å²) in [6.45, 7) is 0. The second-order valence-corrected chi connectivity index (χ2v) is 2.85. The van der Waals surface area contributed by atoms with Crippen LogP contribution < -0.4 is 5.46 Å². The van der Waals surface area contributed by atoms with Crippen LogP contribution >= 0.6 is 0 Å². The molecule has 0 unspecified atom stereocenters. The molecule has 0 fully saturated rings. The normalized spacial score (nSPS) is 9.20. The van der Waals surface area contributed by atoms with Crippen molar-refractivity contribution in [3.05, 3.63) is 29.3 Å². The van der Waals surface area contributed by atoms with Gasteiger partial charge in [-0.3, -0.25) is 0 Å². The number of terminal acetylenes is 1. The van der Waals surface area contributed by atoms with Gasteiger partial charge in [0.15, 0.2) is 0 Å². The van der Waals surface area contributed by atoms with Gasteiger partial charge in [-0.2, -0.15) is 0 Å². The molecule has 1 rings (SSSR count). The van der Waals surface area contributed by atoms with E-state index in [1.807, 2.05) is 0 Å². The van der Waals surface area contributed by atoms with Crippen molar-refractivity contribution in [2.45, 2.75) is 0 Å². The van der Waals surface area contributed by atoms with Crippen LogP contribution in [0.2, 0.25) is 0 Å². The smallest absolute Gasteiger partial charge is 0.465 e. The average molecular weight is 204 g/mol. The molecule has 2 N–H and O–H groups in total. The minimum Gasteiger partial charge on any atom is -0.465 e. The number of ether oxygens (including phenoxy) is 1. The molecule has 4 nitrogen and oxygen atoms in total. The lowest BCUT2D eigenvalue weighted by molar-refractivity contribution is 0.0601. The lowest BCUT2D eigenvalue weighted by Gasteiger charge is -2.04. The SMILES string of the molecule is C#Cc1cc(B(O)O)cc(C(=O)OC)c1. The zero-order valence-electron chi connectivity index (χ0n) is 8.10. The molecule has 0 atom stereocenters. The molecule has 1 aromatic carbocycles. The van der Waals surface area contributed by atoms with E-state index < -0.39 is 13.1 Å². The maximum absolute atomic E-state index is 11.2. The number of esters is 1. The van der Waals surface area contributed by atoms with E-state index in [4.69, 9.17) is 16.5 Å². The van der Waals surface area contributed by atoms with Crippen LogP contribution in [0.4, 0.5) is 0 Å². The molecular weight excluding hydrogens is 195 g/mol. The van der Waals surface area contributed by atoms with Gasteiger partial charge in [0, 0.05) is 5.56 Å². The van der Waals surface area contributed by atoms with Crippen molar-refractivity contribution in [3.8, 4) is 12.3 Å². The van der Waals surface area contributed by atoms with Crippen LogP contribution in [0, 0.1) is 12.3 Å². The van der Waals surface area contributed by atoms with E-state index in [1.165, 1.54) is 25.3 Å². The van der Waals surface area contributed by atoms with Crippen molar-refractivity contribution < 1.29 is 19.6 Å². The Morgan fingerprint density at radius 2 is 2.13 bits per heavy atom. The Morgan fingerprint density at radius 1 is 1.47 bits per heavy atom. The van der Waals surface area contributed by atoms with Gasteiger partial charge in [-0.1, -0.05) is 5.92 Å². The van der Waals surface area contributed by atoms with Gasteiger partial charge in [-0.15, -0.1) is 6.42 Å². The molecule has 0 radical (unpaired) electrons. The number of carbonyl (C=O) groups is 1. The van der Waals surface area contributed by atoms with Gasteiger partial charge in [-0.25, -0.2) is 4.79 Å². The van der Waals surface area contributed by atoms with Gasteiger partial charge in [0.05, 0.1) is 12.7 Å². The Labute approximate surface area is 87.6 Å². The van der Waals surface area contributed by atoms with Crippen molar-refractivity contribution in [1.29, 1.82) is 0 Å². The Kier molecular flexibility index (Phi) is 3.50. The highest BCUT2D eigenvalue weighted by Gasteiger charge is 2.15. The number of benzene rings is 1. The molecule has 0 amide bonds.